The number of nitrogens with zero attached hydrogens (tertiary/aromatic N) is 1. The third kappa shape index (κ3) is 3.87. The summed E-state index contributed by atoms with van der Waals surface area (Å²) in [5.41, 5.74) is 4.97. The second-order valence-electron chi connectivity index (χ2n) is 3.87. The van der Waals surface area contributed by atoms with Gasteiger partial charge >= 0.3 is 12.3 Å². The molecule has 3 N–H and O–H groups in total. The molecule has 0 heterocycles. The van der Waals surface area contributed by atoms with E-state index in [1.165, 1.54) is 12.1 Å². The number of halogens is 3. The first kappa shape index (κ1) is 14.8. The van der Waals surface area contributed by atoms with Gasteiger partial charge in [0.2, 0.25) is 0 Å². The van der Waals surface area contributed by atoms with Crippen molar-refractivity contribution in [2.24, 2.45) is 5.73 Å². The zero-order chi connectivity index (χ0) is 14.8. The van der Waals surface area contributed by atoms with Gasteiger partial charge in [-0.25, -0.2) is 4.79 Å². The smallest absolute Gasteiger partial charge is 0.412 e. The first-order chi connectivity index (χ1) is 8.61. The Morgan fingerprint density at radius 2 is 1.95 bits per heavy atom. The maximum Gasteiger partial charge on any atom is 0.412 e. The van der Waals surface area contributed by atoms with Crippen molar-refractivity contribution in [1.29, 1.82) is 0 Å². The lowest BCUT2D eigenvalue weighted by Crippen LogP contribution is -2.39. The van der Waals surface area contributed by atoms with Crippen LogP contribution < -0.4 is 10.6 Å². The van der Waals surface area contributed by atoms with Gasteiger partial charge in [-0.15, -0.1) is 0 Å². The minimum Gasteiger partial charge on any atom is -0.465 e. The molecule has 0 atom stereocenters. The Labute approximate surface area is 106 Å². The largest absolute Gasteiger partial charge is 0.465 e. The van der Waals surface area contributed by atoms with Crippen molar-refractivity contribution in [1.82, 2.24) is 0 Å². The van der Waals surface area contributed by atoms with Crippen LogP contribution >= 0.6 is 0 Å². The van der Waals surface area contributed by atoms with Crippen LogP contribution in [-0.2, 0) is 0 Å². The van der Waals surface area contributed by atoms with E-state index in [9.17, 15) is 22.8 Å². The number of amides is 2. The summed E-state index contributed by atoms with van der Waals surface area (Å²) in [6, 6.07) is 3.76. The number of nitrogens with two attached hydrogens (primary N) is 1. The number of carboxylic acid groups (broad SMARTS) is 1. The average molecular weight is 276 g/mol. The number of benzene rings is 1. The van der Waals surface area contributed by atoms with E-state index in [1.54, 1.807) is 6.92 Å². The lowest BCUT2D eigenvalue weighted by Gasteiger charge is -2.22. The molecule has 1 aromatic carbocycles. The van der Waals surface area contributed by atoms with E-state index < -0.39 is 24.7 Å². The molecule has 0 bridgehead atoms. The molecule has 1 rings (SSSR count). The number of alkyl halides is 3. The molecule has 0 spiro atoms. The maximum absolute atomic E-state index is 12.3. The molecular formula is C11H11F3N2O3. The van der Waals surface area contributed by atoms with Crippen LogP contribution in [0.4, 0.5) is 23.7 Å². The summed E-state index contributed by atoms with van der Waals surface area (Å²) in [5.74, 6) is -0.993. The van der Waals surface area contributed by atoms with Crippen molar-refractivity contribution < 1.29 is 27.9 Å². The van der Waals surface area contributed by atoms with Crippen LogP contribution in [0.2, 0.25) is 0 Å². The average Bonchev–Trinajstić information content (AvgIpc) is 2.24. The van der Waals surface area contributed by atoms with Crippen LogP contribution in [-0.4, -0.2) is 29.8 Å². The van der Waals surface area contributed by atoms with Crippen LogP contribution in [0.1, 0.15) is 15.9 Å². The van der Waals surface area contributed by atoms with Crippen molar-refractivity contribution in [3.63, 3.8) is 0 Å². The van der Waals surface area contributed by atoms with E-state index in [1.807, 2.05) is 0 Å². The molecule has 0 saturated carbocycles. The number of rotatable bonds is 3. The molecule has 0 aromatic heterocycles. The van der Waals surface area contributed by atoms with Crippen LogP contribution in [0.15, 0.2) is 18.2 Å². The van der Waals surface area contributed by atoms with Gasteiger partial charge in [-0.1, -0.05) is 11.6 Å². The van der Waals surface area contributed by atoms with Crippen LogP contribution in [0.3, 0.4) is 0 Å². The molecule has 1 aromatic rings. The van der Waals surface area contributed by atoms with E-state index >= 15 is 0 Å². The van der Waals surface area contributed by atoms with Gasteiger partial charge in [0.05, 0.1) is 11.3 Å². The third-order valence-corrected chi connectivity index (χ3v) is 2.28. The summed E-state index contributed by atoms with van der Waals surface area (Å²) in [6.45, 7) is -0.114. The minimum absolute atomic E-state index is 0.0412. The fourth-order valence-corrected chi connectivity index (χ4v) is 1.52. The van der Waals surface area contributed by atoms with Crippen LogP contribution in [0.25, 0.3) is 0 Å². The zero-order valence-electron chi connectivity index (χ0n) is 9.86. The second kappa shape index (κ2) is 5.17. The highest BCUT2D eigenvalue weighted by Crippen LogP contribution is 2.26. The fourth-order valence-electron chi connectivity index (χ4n) is 1.52. The molecule has 8 heteroatoms. The van der Waals surface area contributed by atoms with Gasteiger partial charge in [-0.3, -0.25) is 9.69 Å². The molecule has 0 aliphatic rings. The summed E-state index contributed by atoms with van der Waals surface area (Å²) in [6.07, 6.45) is -6.54. The van der Waals surface area contributed by atoms with E-state index in [0.717, 1.165) is 6.07 Å². The van der Waals surface area contributed by atoms with Crippen molar-refractivity contribution >= 4 is 17.7 Å². The molecular weight excluding hydrogens is 265 g/mol. The second-order valence-corrected chi connectivity index (χ2v) is 3.87. The van der Waals surface area contributed by atoms with Gasteiger partial charge in [-0.2, -0.15) is 13.2 Å². The Bertz CT molecular complexity index is 514. The van der Waals surface area contributed by atoms with Gasteiger partial charge in [0, 0.05) is 0 Å². The standard InChI is InChI=1S/C11H11F3N2O3/c1-6-2-3-8(7(4-6)9(15)17)16(10(18)19)5-11(12,13)14/h2-4H,5H2,1H3,(H2,15,17)(H,18,19). The molecule has 5 nitrogen and oxygen atoms in total. The number of aryl methyl sites for hydroxylation is 1. The Hall–Kier alpha value is -2.25. The van der Waals surface area contributed by atoms with Gasteiger partial charge < -0.3 is 10.8 Å². The quantitative estimate of drug-likeness (QED) is 0.887. The minimum atomic E-state index is -4.72. The molecule has 0 fully saturated rings. The molecule has 0 aliphatic carbocycles. The Morgan fingerprint density at radius 1 is 1.37 bits per heavy atom. The Kier molecular flexibility index (Phi) is 4.03. The number of hydrogen-bond donors (Lipinski definition) is 2. The van der Waals surface area contributed by atoms with E-state index in [4.69, 9.17) is 10.8 Å². The first-order valence-electron chi connectivity index (χ1n) is 5.09. The monoisotopic (exact) mass is 276 g/mol. The molecule has 19 heavy (non-hydrogen) atoms. The predicted octanol–water partition coefficient (Wildman–Crippen LogP) is 2.14. The fraction of sp³-hybridized carbons (Fsp3) is 0.273. The maximum atomic E-state index is 12.3. The third-order valence-electron chi connectivity index (χ3n) is 2.28. The number of anilines is 1. The summed E-state index contributed by atoms with van der Waals surface area (Å²) >= 11 is 0. The van der Waals surface area contributed by atoms with Crippen molar-refractivity contribution in [2.75, 3.05) is 11.4 Å². The van der Waals surface area contributed by atoms with Crippen molar-refractivity contribution in [3.8, 4) is 0 Å². The SMILES string of the molecule is Cc1ccc(N(CC(F)(F)F)C(=O)O)c(C(N)=O)c1. The van der Waals surface area contributed by atoms with Gasteiger partial charge in [0.15, 0.2) is 0 Å². The highest BCUT2D eigenvalue weighted by Gasteiger charge is 2.35. The molecule has 0 unspecified atom stereocenters. The van der Waals surface area contributed by atoms with Gasteiger partial charge in [0.1, 0.15) is 6.54 Å². The molecule has 0 aliphatic heterocycles. The lowest BCUT2D eigenvalue weighted by atomic mass is 10.1. The molecule has 0 radical (unpaired) electrons. The lowest BCUT2D eigenvalue weighted by molar-refractivity contribution is -0.119. The van der Waals surface area contributed by atoms with Crippen LogP contribution in [0, 0.1) is 6.92 Å². The summed E-state index contributed by atoms with van der Waals surface area (Å²) in [5, 5.41) is 8.84. The molecule has 0 saturated heterocycles. The van der Waals surface area contributed by atoms with Gasteiger partial charge in [-0.05, 0) is 19.1 Å². The molecule has 2 amide bonds. The summed E-state index contributed by atoms with van der Waals surface area (Å²) in [4.78, 5) is 22.1. The van der Waals surface area contributed by atoms with Crippen LogP contribution in [0.5, 0.6) is 0 Å². The predicted molar refractivity (Wildman–Crippen MR) is 61.1 cm³/mol. The van der Waals surface area contributed by atoms with Crippen molar-refractivity contribution in [3.05, 3.63) is 29.3 Å². The first-order valence-corrected chi connectivity index (χ1v) is 5.09. The van der Waals surface area contributed by atoms with E-state index in [0.29, 0.717) is 5.56 Å². The van der Waals surface area contributed by atoms with Crippen molar-refractivity contribution in [2.45, 2.75) is 13.1 Å². The van der Waals surface area contributed by atoms with E-state index in [-0.39, 0.29) is 16.2 Å². The topological polar surface area (TPSA) is 83.6 Å². The number of primary amides is 1. The Balaban J connectivity index is 3.31. The highest BCUT2D eigenvalue weighted by atomic mass is 19.4. The molecule has 104 valence electrons. The van der Waals surface area contributed by atoms with E-state index in [2.05, 4.69) is 0 Å². The summed E-state index contributed by atoms with van der Waals surface area (Å²) in [7, 11) is 0. The number of carbonyl (C=O) groups is 2. The number of hydrogen-bond acceptors (Lipinski definition) is 2. The highest BCUT2D eigenvalue weighted by molar-refractivity contribution is 6.02. The van der Waals surface area contributed by atoms with Gasteiger partial charge in [0.25, 0.3) is 5.91 Å². The number of carbonyl (C=O) groups excluding carboxylic acids is 1. The zero-order valence-corrected chi connectivity index (χ0v) is 9.86. The summed E-state index contributed by atoms with van der Waals surface area (Å²) < 4.78 is 37.0. The Morgan fingerprint density at radius 3 is 2.37 bits per heavy atom. The normalized spacial score (nSPS) is 11.2.